The zero-order valence-corrected chi connectivity index (χ0v) is 15.5. The second kappa shape index (κ2) is 8.03. The number of rotatable bonds is 4. The van der Waals surface area contributed by atoms with E-state index in [2.05, 4.69) is 6.07 Å². The number of anilines is 1. The molecule has 0 unspecified atom stereocenters. The van der Waals surface area contributed by atoms with Crippen molar-refractivity contribution >= 4 is 23.5 Å². The van der Waals surface area contributed by atoms with Gasteiger partial charge in [0.1, 0.15) is 6.54 Å². The van der Waals surface area contributed by atoms with E-state index in [4.69, 9.17) is 4.74 Å². The van der Waals surface area contributed by atoms with Gasteiger partial charge in [-0.2, -0.15) is 0 Å². The van der Waals surface area contributed by atoms with E-state index in [0.717, 1.165) is 12.0 Å². The summed E-state index contributed by atoms with van der Waals surface area (Å²) in [6.45, 7) is 2.51. The van der Waals surface area contributed by atoms with Crippen molar-refractivity contribution in [2.45, 2.75) is 19.9 Å². The summed E-state index contributed by atoms with van der Waals surface area (Å²) in [5.74, 6) is -0.870. The molecule has 2 aromatic rings. The van der Waals surface area contributed by atoms with Crippen LogP contribution >= 0.6 is 0 Å². The SMILES string of the molecule is COC(=O)c1cccc(N(CC(=O)N2CCc3ccccc3C2)C(C)=O)c1. The molecule has 0 spiro atoms. The summed E-state index contributed by atoms with van der Waals surface area (Å²) >= 11 is 0. The molecule has 0 saturated heterocycles. The number of hydrogen-bond acceptors (Lipinski definition) is 4. The van der Waals surface area contributed by atoms with Gasteiger partial charge in [-0.3, -0.25) is 9.59 Å². The standard InChI is InChI=1S/C21H22N2O4/c1-15(24)23(19-9-5-8-17(12-19)21(26)27-2)14-20(25)22-11-10-16-6-3-4-7-18(16)13-22/h3-9,12H,10-11,13-14H2,1-2H3. The van der Waals surface area contributed by atoms with E-state index < -0.39 is 5.97 Å². The minimum atomic E-state index is -0.487. The van der Waals surface area contributed by atoms with Gasteiger partial charge in [-0.15, -0.1) is 0 Å². The number of ether oxygens (including phenoxy) is 1. The summed E-state index contributed by atoms with van der Waals surface area (Å²) < 4.78 is 4.72. The molecule has 0 atom stereocenters. The van der Waals surface area contributed by atoms with Crippen molar-refractivity contribution < 1.29 is 19.1 Å². The van der Waals surface area contributed by atoms with Crippen molar-refractivity contribution in [3.63, 3.8) is 0 Å². The number of benzene rings is 2. The van der Waals surface area contributed by atoms with Crippen molar-refractivity contribution in [1.82, 2.24) is 4.90 Å². The van der Waals surface area contributed by atoms with Gasteiger partial charge >= 0.3 is 5.97 Å². The lowest BCUT2D eigenvalue weighted by Gasteiger charge is -2.31. The number of carbonyl (C=O) groups excluding carboxylic acids is 3. The lowest BCUT2D eigenvalue weighted by molar-refractivity contribution is -0.132. The highest BCUT2D eigenvalue weighted by atomic mass is 16.5. The van der Waals surface area contributed by atoms with Crippen molar-refractivity contribution in [2.24, 2.45) is 0 Å². The highest BCUT2D eigenvalue weighted by molar-refractivity contribution is 5.99. The molecule has 0 N–H and O–H groups in total. The maximum absolute atomic E-state index is 12.8. The fourth-order valence-corrected chi connectivity index (χ4v) is 3.25. The maximum atomic E-state index is 12.8. The molecule has 1 aliphatic heterocycles. The number of methoxy groups -OCH3 is 1. The molecule has 27 heavy (non-hydrogen) atoms. The van der Waals surface area contributed by atoms with Crippen LogP contribution in [0.4, 0.5) is 5.69 Å². The van der Waals surface area contributed by atoms with Gasteiger partial charge in [0.05, 0.1) is 12.7 Å². The Labute approximate surface area is 158 Å². The van der Waals surface area contributed by atoms with Crippen LogP contribution in [0.25, 0.3) is 0 Å². The number of fused-ring (bicyclic) bond motifs is 1. The molecule has 1 aliphatic rings. The second-order valence-corrected chi connectivity index (χ2v) is 6.48. The first-order valence-corrected chi connectivity index (χ1v) is 8.80. The van der Waals surface area contributed by atoms with E-state index in [-0.39, 0.29) is 18.4 Å². The first kappa shape index (κ1) is 18.6. The van der Waals surface area contributed by atoms with Gasteiger partial charge in [-0.25, -0.2) is 4.79 Å². The lowest BCUT2D eigenvalue weighted by Crippen LogP contribution is -2.44. The molecule has 1 heterocycles. The first-order chi connectivity index (χ1) is 13.0. The molecule has 0 fully saturated rings. The highest BCUT2D eigenvalue weighted by Gasteiger charge is 2.24. The van der Waals surface area contributed by atoms with Crippen LogP contribution in [0.15, 0.2) is 48.5 Å². The van der Waals surface area contributed by atoms with Crippen LogP contribution in [0.1, 0.15) is 28.4 Å². The average Bonchev–Trinajstić information content (AvgIpc) is 2.70. The molecule has 0 radical (unpaired) electrons. The zero-order valence-electron chi connectivity index (χ0n) is 15.5. The van der Waals surface area contributed by atoms with Crippen LogP contribution in [0.3, 0.4) is 0 Å². The maximum Gasteiger partial charge on any atom is 0.337 e. The van der Waals surface area contributed by atoms with Gasteiger partial charge in [0.25, 0.3) is 0 Å². The van der Waals surface area contributed by atoms with E-state index in [0.29, 0.717) is 24.3 Å². The molecule has 6 nitrogen and oxygen atoms in total. The van der Waals surface area contributed by atoms with Crippen LogP contribution < -0.4 is 4.90 Å². The summed E-state index contributed by atoms with van der Waals surface area (Å²) in [6, 6.07) is 14.6. The summed E-state index contributed by atoms with van der Waals surface area (Å²) in [4.78, 5) is 39.9. The third-order valence-corrected chi connectivity index (χ3v) is 4.74. The summed E-state index contributed by atoms with van der Waals surface area (Å²) in [5, 5.41) is 0. The Morgan fingerprint density at radius 3 is 2.52 bits per heavy atom. The van der Waals surface area contributed by atoms with Crippen LogP contribution in [-0.4, -0.2) is 42.9 Å². The van der Waals surface area contributed by atoms with Crippen molar-refractivity contribution in [1.29, 1.82) is 0 Å². The second-order valence-electron chi connectivity index (χ2n) is 6.48. The van der Waals surface area contributed by atoms with E-state index in [1.165, 1.54) is 24.5 Å². The Morgan fingerprint density at radius 1 is 1.07 bits per heavy atom. The molecule has 6 heteroatoms. The van der Waals surface area contributed by atoms with E-state index in [1.54, 1.807) is 29.2 Å². The third-order valence-electron chi connectivity index (χ3n) is 4.74. The van der Waals surface area contributed by atoms with Gasteiger partial charge in [0.15, 0.2) is 0 Å². The Hall–Kier alpha value is -3.15. The summed E-state index contributed by atoms with van der Waals surface area (Å²) in [5.41, 5.74) is 3.23. The molecular weight excluding hydrogens is 344 g/mol. The zero-order chi connectivity index (χ0) is 19.4. The van der Waals surface area contributed by atoms with Crippen LogP contribution in [0.2, 0.25) is 0 Å². The molecule has 0 aliphatic carbocycles. The number of esters is 1. The van der Waals surface area contributed by atoms with Crippen molar-refractivity contribution in [3.8, 4) is 0 Å². The Bertz CT molecular complexity index is 878. The first-order valence-electron chi connectivity index (χ1n) is 8.80. The molecule has 3 rings (SSSR count). The lowest BCUT2D eigenvalue weighted by atomic mass is 10.00. The number of nitrogens with zero attached hydrogens (tertiary/aromatic N) is 2. The van der Waals surface area contributed by atoms with Crippen molar-refractivity contribution in [3.05, 3.63) is 65.2 Å². The van der Waals surface area contributed by atoms with Gasteiger partial charge in [0, 0.05) is 25.7 Å². The minimum absolute atomic E-state index is 0.0673. The fourth-order valence-electron chi connectivity index (χ4n) is 3.25. The molecule has 2 amide bonds. The Kier molecular flexibility index (Phi) is 5.54. The van der Waals surface area contributed by atoms with Crippen LogP contribution in [0, 0.1) is 0 Å². The van der Waals surface area contributed by atoms with Gasteiger partial charge < -0.3 is 14.5 Å². The molecule has 0 bridgehead atoms. The quantitative estimate of drug-likeness (QED) is 0.780. The van der Waals surface area contributed by atoms with Gasteiger partial charge in [0.2, 0.25) is 11.8 Å². The molecule has 0 saturated carbocycles. The molecular formula is C21H22N2O4. The smallest absolute Gasteiger partial charge is 0.337 e. The Balaban J connectivity index is 1.76. The van der Waals surface area contributed by atoms with Crippen molar-refractivity contribution in [2.75, 3.05) is 25.1 Å². The topological polar surface area (TPSA) is 66.9 Å². The van der Waals surface area contributed by atoms with E-state index in [1.807, 2.05) is 18.2 Å². The molecule has 0 aromatic heterocycles. The minimum Gasteiger partial charge on any atom is -0.465 e. The summed E-state index contributed by atoms with van der Waals surface area (Å²) in [7, 11) is 1.30. The normalized spacial score (nSPS) is 12.9. The van der Waals surface area contributed by atoms with E-state index >= 15 is 0 Å². The van der Waals surface area contributed by atoms with Crippen LogP contribution in [-0.2, 0) is 27.3 Å². The van der Waals surface area contributed by atoms with E-state index in [9.17, 15) is 14.4 Å². The number of hydrogen-bond donors (Lipinski definition) is 0. The molecule has 2 aromatic carbocycles. The Morgan fingerprint density at radius 2 is 1.81 bits per heavy atom. The fraction of sp³-hybridized carbons (Fsp3) is 0.286. The number of carbonyl (C=O) groups is 3. The molecule has 140 valence electrons. The van der Waals surface area contributed by atoms with Crippen LogP contribution in [0.5, 0.6) is 0 Å². The summed E-state index contributed by atoms with van der Waals surface area (Å²) in [6.07, 6.45) is 0.805. The van der Waals surface area contributed by atoms with Gasteiger partial charge in [-0.05, 0) is 35.7 Å². The highest BCUT2D eigenvalue weighted by Crippen LogP contribution is 2.21. The predicted molar refractivity (Wildman–Crippen MR) is 101 cm³/mol. The predicted octanol–water partition coefficient (Wildman–Crippen LogP) is 2.41. The third kappa shape index (κ3) is 4.16. The van der Waals surface area contributed by atoms with Gasteiger partial charge in [-0.1, -0.05) is 30.3 Å². The average molecular weight is 366 g/mol. The number of amides is 2. The largest absolute Gasteiger partial charge is 0.465 e. The monoisotopic (exact) mass is 366 g/mol.